The summed E-state index contributed by atoms with van der Waals surface area (Å²) in [6.45, 7) is 0. The number of amides is 2. The van der Waals surface area contributed by atoms with Crippen molar-refractivity contribution in [3.63, 3.8) is 0 Å². The first kappa shape index (κ1) is 21.4. The van der Waals surface area contributed by atoms with E-state index in [-0.39, 0.29) is 42.7 Å². The lowest BCUT2D eigenvalue weighted by Crippen LogP contribution is -2.51. The van der Waals surface area contributed by atoms with Crippen molar-refractivity contribution in [1.82, 2.24) is 4.90 Å². The van der Waals surface area contributed by atoms with Crippen LogP contribution in [-0.2, 0) is 9.59 Å². The van der Waals surface area contributed by atoms with Crippen molar-refractivity contribution in [2.24, 2.45) is 5.92 Å². The molecule has 4 rings (SSSR count). The molecule has 0 spiro atoms. The van der Waals surface area contributed by atoms with Gasteiger partial charge in [-0.2, -0.15) is 0 Å². The van der Waals surface area contributed by atoms with Crippen molar-refractivity contribution < 1.29 is 19.5 Å². The fraction of sp³-hybridized carbons (Fsp3) is 0.375. The van der Waals surface area contributed by atoms with Gasteiger partial charge in [0.05, 0.1) is 12.5 Å². The van der Waals surface area contributed by atoms with Crippen LogP contribution in [0.4, 0.5) is 5.69 Å². The molecule has 6 nitrogen and oxygen atoms in total. The third-order valence-electron chi connectivity index (χ3n) is 6.44. The first-order valence-corrected chi connectivity index (χ1v) is 10.9. The van der Waals surface area contributed by atoms with Gasteiger partial charge in [-0.05, 0) is 42.7 Å². The third kappa shape index (κ3) is 4.04. The van der Waals surface area contributed by atoms with Gasteiger partial charge in [0, 0.05) is 41.7 Å². The largest absolute Gasteiger partial charge is 0.481 e. The highest BCUT2D eigenvalue weighted by molar-refractivity contribution is 6.31. The van der Waals surface area contributed by atoms with Gasteiger partial charge in [-0.15, -0.1) is 0 Å². The number of carboxylic acids is 1. The molecule has 2 aliphatic rings. The zero-order valence-electron chi connectivity index (χ0n) is 17.3. The van der Waals surface area contributed by atoms with E-state index in [1.54, 1.807) is 36.2 Å². The molecule has 1 heterocycles. The lowest BCUT2D eigenvalue weighted by atomic mass is 9.81. The summed E-state index contributed by atoms with van der Waals surface area (Å²) in [6.07, 6.45) is 2.51. The van der Waals surface area contributed by atoms with Crippen LogP contribution < -0.4 is 4.90 Å². The number of nitrogens with zero attached hydrogens (tertiary/aromatic N) is 2. The molecule has 1 aliphatic heterocycles. The molecule has 0 bridgehead atoms. The summed E-state index contributed by atoms with van der Waals surface area (Å²) in [5, 5.41) is 9.48. The Hall–Kier alpha value is -2.86. The van der Waals surface area contributed by atoms with Gasteiger partial charge in [-0.1, -0.05) is 42.3 Å². The number of aliphatic carboxylic acids is 1. The Bertz CT molecular complexity index is 1020. The zero-order valence-corrected chi connectivity index (χ0v) is 18.1. The monoisotopic (exact) mass is 440 g/mol. The summed E-state index contributed by atoms with van der Waals surface area (Å²) in [6, 6.07) is 14.5. The molecule has 0 saturated heterocycles. The topological polar surface area (TPSA) is 77.9 Å². The molecule has 162 valence electrons. The number of fused-ring (bicyclic) bond motifs is 2. The van der Waals surface area contributed by atoms with E-state index in [0.717, 1.165) is 30.5 Å². The number of rotatable bonds is 5. The van der Waals surface area contributed by atoms with Crippen molar-refractivity contribution in [3.8, 4) is 0 Å². The number of hydrogen-bond donors (Lipinski definition) is 1. The summed E-state index contributed by atoms with van der Waals surface area (Å²) in [7, 11) is 1.75. The fourth-order valence-corrected chi connectivity index (χ4v) is 5.28. The molecule has 0 unspecified atom stereocenters. The highest BCUT2D eigenvalue weighted by atomic mass is 35.5. The Morgan fingerprint density at radius 2 is 1.87 bits per heavy atom. The van der Waals surface area contributed by atoms with Gasteiger partial charge in [-0.3, -0.25) is 14.4 Å². The average molecular weight is 441 g/mol. The molecule has 0 aromatic heterocycles. The van der Waals surface area contributed by atoms with Gasteiger partial charge in [0.1, 0.15) is 0 Å². The maximum atomic E-state index is 13.6. The van der Waals surface area contributed by atoms with Gasteiger partial charge < -0.3 is 14.9 Å². The SMILES string of the molecule is CN(C(=O)CCC(=O)O)[C@H]1c2ccccc2N(C(=O)c2cccc(Cl)c2)[C@@H]2CCC[C@@H]21. The fourth-order valence-electron chi connectivity index (χ4n) is 5.09. The Balaban J connectivity index is 1.73. The molecule has 2 amide bonds. The Morgan fingerprint density at radius 1 is 1.10 bits per heavy atom. The van der Waals surface area contributed by atoms with E-state index in [2.05, 4.69) is 0 Å². The molecule has 2 aromatic rings. The van der Waals surface area contributed by atoms with E-state index >= 15 is 0 Å². The van der Waals surface area contributed by atoms with Crippen LogP contribution in [0.1, 0.15) is 54.1 Å². The van der Waals surface area contributed by atoms with Crippen LogP contribution in [0.15, 0.2) is 48.5 Å². The highest BCUT2D eigenvalue weighted by Gasteiger charge is 2.48. The number of carbonyl (C=O) groups excluding carboxylic acids is 2. The summed E-state index contributed by atoms with van der Waals surface area (Å²) in [4.78, 5) is 40.9. The Kier molecular flexibility index (Phi) is 6.01. The normalized spacial score (nSPS) is 21.9. The Labute approximate surface area is 186 Å². The van der Waals surface area contributed by atoms with Crippen LogP contribution >= 0.6 is 11.6 Å². The number of anilines is 1. The van der Waals surface area contributed by atoms with Crippen molar-refractivity contribution in [3.05, 3.63) is 64.7 Å². The second-order valence-electron chi connectivity index (χ2n) is 8.25. The van der Waals surface area contributed by atoms with E-state index < -0.39 is 5.97 Å². The predicted molar refractivity (Wildman–Crippen MR) is 118 cm³/mol. The number of carboxylic acid groups (broad SMARTS) is 1. The molecular formula is C24H25ClN2O4. The van der Waals surface area contributed by atoms with Gasteiger partial charge in [0.25, 0.3) is 5.91 Å². The van der Waals surface area contributed by atoms with Gasteiger partial charge >= 0.3 is 5.97 Å². The molecule has 0 radical (unpaired) electrons. The molecule has 31 heavy (non-hydrogen) atoms. The molecule has 2 aromatic carbocycles. The molecule has 1 N–H and O–H groups in total. The minimum absolute atomic E-state index is 0.0268. The molecular weight excluding hydrogens is 416 g/mol. The number of carbonyl (C=O) groups is 3. The zero-order chi connectivity index (χ0) is 22.1. The lowest BCUT2D eigenvalue weighted by molar-refractivity contribution is -0.141. The van der Waals surface area contributed by atoms with Crippen molar-refractivity contribution in [2.45, 2.75) is 44.2 Å². The van der Waals surface area contributed by atoms with E-state index in [1.807, 2.05) is 29.2 Å². The molecule has 1 aliphatic carbocycles. The minimum Gasteiger partial charge on any atom is -0.481 e. The van der Waals surface area contributed by atoms with E-state index in [4.69, 9.17) is 16.7 Å². The second kappa shape index (κ2) is 8.71. The maximum absolute atomic E-state index is 13.6. The van der Waals surface area contributed by atoms with Crippen molar-refractivity contribution >= 4 is 35.1 Å². The van der Waals surface area contributed by atoms with Crippen molar-refractivity contribution in [1.29, 1.82) is 0 Å². The first-order valence-electron chi connectivity index (χ1n) is 10.5. The smallest absolute Gasteiger partial charge is 0.303 e. The number of para-hydroxylation sites is 1. The van der Waals surface area contributed by atoms with Crippen LogP contribution in [0.5, 0.6) is 0 Å². The third-order valence-corrected chi connectivity index (χ3v) is 6.67. The Morgan fingerprint density at radius 3 is 2.61 bits per heavy atom. The minimum atomic E-state index is -0.983. The summed E-state index contributed by atoms with van der Waals surface area (Å²) >= 11 is 6.13. The average Bonchev–Trinajstić information content (AvgIpc) is 3.23. The number of hydrogen-bond acceptors (Lipinski definition) is 3. The van der Waals surface area contributed by atoms with Gasteiger partial charge in [0.2, 0.25) is 5.91 Å². The van der Waals surface area contributed by atoms with Crippen LogP contribution in [0, 0.1) is 5.92 Å². The van der Waals surface area contributed by atoms with E-state index in [1.165, 1.54) is 0 Å². The highest BCUT2D eigenvalue weighted by Crippen LogP contribution is 2.50. The lowest BCUT2D eigenvalue weighted by Gasteiger charge is -2.46. The summed E-state index contributed by atoms with van der Waals surface area (Å²) < 4.78 is 0. The van der Waals surface area contributed by atoms with Crippen LogP contribution in [0.3, 0.4) is 0 Å². The van der Waals surface area contributed by atoms with Crippen LogP contribution in [0.2, 0.25) is 5.02 Å². The standard InChI is InChI=1S/C24H25ClN2O4/c1-26(21(28)12-13-22(29)30)23-17-8-2-3-10-19(17)27(20-11-5-9-18(20)23)24(31)15-6-4-7-16(25)14-15/h2-4,6-8,10,14,18,20,23H,5,9,11-13H2,1H3,(H,29,30)/t18-,20+,23-/m0/s1. The number of halogens is 1. The van der Waals surface area contributed by atoms with E-state index in [9.17, 15) is 14.4 Å². The predicted octanol–water partition coefficient (Wildman–Crippen LogP) is 4.53. The number of benzene rings is 2. The van der Waals surface area contributed by atoms with Crippen LogP contribution in [0.25, 0.3) is 0 Å². The van der Waals surface area contributed by atoms with Gasteiger partial charge in [0.15, 0.2) is 0 Å². The molecule has 1 fully saturated rings. The first-order chi connectivity index (χ1) is 14.9. The van der Waals surface area contributed by atoms with Crippen molar-refractivity contribution in [2.75, 3.05) is 11.9 Å². The molecule has 7 heteroatoms. The molecule has 1 saturated carbocycles. The quantitative estimate of drug-likeness (QED) is 0.740. The second-order valence-corrected chi connectivity index (χ2v) is 8.69. The molecule has 3 atom stereocenters. The van der Waals surface area contributed by atoms with Gasteiger partial charge in [-0.25, -0.2) is 0 Å². The van der Waals surface area contributed by atoms with Crippen LogP contribution in [-0.4, -0.2) is 40.9 Å². The van der Waals surface area contributed by atoms with E-state index in [0.29, 0.717) is 10.6 Å². The summed E-state index contributed by atoms with van der Waals surface area (Å²) in [5.41, 5.74) is 2.27. The summed E-state index contributed by atoms with van der Waals surface area (Å²) in [5.74, 6) is -1.17. The maximum Gasteiger partial charge on any atom is 0.303 e.